The fraction of sp³-hybridized carbons (Fsp3) is 0.714. The molecule has 0 spiro atoms. The lowest BCUT2D eigenvalue weighted by molar-refractivity contribution is 0.00578. The third kappa shape index (κ3) is 3.80. The maximum Gasteiger partial charge on any atom is 0.480 e. The molecular weight excluding hydrogens is 325 g/mol. The van der Waals surface area contributed by atoms with E-state index in [4.69, 9.17) is 15.0 Å². The average molecular weight is 361 g/mol. The smallest absolute Gasteiger partial charge is 0.480 e. The molecule has 3 N–H and O–H groups in total. The zero-order valence-corrected chi connectivity index (χ0v) is 18.2. The molecule has 1 aliphatic heterocycles. The fourth-order valence-corrected chi connectivity index (χ4v) is 3.10. The van der Waals surface area contributed by atoms with Crippen molar-refractivity contribution in [2.75, 3.05) is 0 Å². The van der Waals surface area contributed by atoms with Gasteiger partial charge in [0.2, 0.25) is 0 Å². The van der Waals surface area contributed by atoms with Crippen molar-refractivity contribution in [2.45, 2.75) is 97.2 Å². The molecule has 1 fully saturated rings. The summed E-state index contributed by atoms with van der Waals surface area (Å²) in [5, 5.41) is 11.0. The zero-order chi connectivity index (χ0) is 20.3. The molecule has 0 aliphatic carbocycles. The van der Waals surface area contributed by atoms with E-state index in [1.807, 2.05) is 33.8 Å². The molecule has 1 heterocycles. The number of hydrogen-bond acceptors (Lipinski definition) is 4. The van der Waals surface area contributed by atoms with E-state index >= 15 is 0 Å². The summed E-state index contributed by atoms with van der Waals surface area (Å²) in [4.78, 5) is 0. The minimum Gasteiger partial charge on any atom is -0.507 e. The van der Waals surface area contributed by atoms with Crippen molar-refractivity contribution < 1.29 is 14.4 Å². The molecule has 26 heavy (non-hydrogen) atoms. The Labute approximate surface area is 159 Å². The highest BCUT2D eigenvalue weighted by Gasteiger charge is 2.54. The van der Waals surface area contributed by atoms with Crippen LogP contribution in [0.4, 0.5) is 0 Å². The highest BCUT2D eigenvalue weighted by Crippen LogP contribution is 2.44. The standard InChI is InChI=1S/C21H36BNO3/c1-18(2,3)13-11-14(16(24)15(12-13)19(4,5)6)17(23)22-25-20(7,8)21(9,10)26-22/h11-12,17,24H,23H2,1-10H3/t17-/m0/s1. The molecule has 0 radical (unpaired) electrons. The van der Waals surface area contributed by atoms with E-state index < -0.39 is 24.3 Å². The van der Waals surface area contributed by atoms with Crippen molar-refractivity contribution in [3.05, 3.63) is 28.8 Å². The minimum atomic E-state index is -0.603. The molecule has 0 unspecified atom stereocenters. The van der Waals surface area contributed by atoms with Crippen LogP contribution >= 0.6 is 0 Å². The van der Waals surface area contributed by atoms with Gasteiger partial charge in [-0.3, -0.25) is 0 Å². The van der Waals surface area contributed by atoms with Crippen LogP contribution < -0.4 is 5.73 Å². The van der Waals surface area contributed by atoms with Gasteiger partial charge in [-0.1, -0.05) is 53.7 Å². The van der Waals surface area contributed by atoms with E-state index in [0.717, 1.165) is 11.1 Å². The van der Waals surface area contributed by atoms with E-state index in [-0.39, 0.29) is 16.6 Å². The largest absolute Gasteiger partial charge is 0.507 e. The second kappa shape index (κ2) is 6.25. The van der Waals surface area contributed by atoms with Gasteiger partial charge in [0.15, 0.2) is 0 Å². The Bertz CT molecular complexity index is 668. The molecule has 0 saturated carbocycles. The summed E-state index contributed by atoms with van der Waals surface area (Å²) in [5.41, 5.74) is 8.10. The highest BCUT2D eigenvalue weighted by molar-refractivity contribution is 6.47. The normalized spacial score (nSPS) is 21.1. The Morgan fingerprint density at radius 1 is 0.923 bits per heavy atom. The first kappa shape index (κ1) is 21.3. The van der Waals surface area contributed by atoms with Crippen molar-refractivity contribution >= 4 is 7.12 Å². The van der Waals surface area contributed by atoms with Crippen molar-refractivity contribution in [1.82, 2.24) is 0 Å². The molecule has 0 bridgehead atoms. The molecule has 1 aromatic rings. The summed E-state index contributed by atoms with van der Waals surface area (Å²) >= 11 is 0. The Balaban J connectivity index is 2.55. The van der Waals surface area contributed by atoms with Crippen molar-refractivity contribution in [3.8, 4) is 5.75 Å². The van der Waals surface area contributed by atoms with Crippen LogP contribution in [-0.4, -0.2) is 23.4 Å². The summed E-state index contributed by atoms with van der Waals surface area (Å²) < 4.78 is 12.3. The second-order valence-corrected chi connectivity index (χ2v) is 10.6. The number of nitrogens with two attached hydrogens (primary N) is 1. The van der Waals surface area contributed by atoms with Gasteiger partial charge < -0.3 is 20.1 Å². The van der Waals surface area contributed by atoms with Crippen LogP contribution in [0, 0.1) is 0 Å². The molecule has 146 valence electrons. The van der Waals surface area contributed by atoms with E-state index in [2.05, 4.69) is 47.6 Å². The molecule has 1 atom stereocenters. The van der Waals surface area contributed by atoms with Crippen LogP contribution in [0.3, 0.4) is 0 Å². The number of aromatic hydroxyl groups is 1. The van der Waals surface area contributed by atoms with E-state index in [1.165, 1.54) is 0 Å². The number of benzene rings is 1. The van der Waals surface area contributed by atoms with Gasteiger partial charge in [-0.25, -0.2) is 0 Å². The molecule has 1 aromatic carbocycles. The zero-order valence-electron chi connectivity index (χ0n) is 18.2. The van der Waals surface area contributed by atoms with Crippen molar-refractivity contribution in [2.24, 2.45) is 5.73 Å². The van der Waals surface area contributed by atoms with Crippen LogP contribution in [0.5, 0.6) is 5.75 Å². The van der Waals surface area contributed by atoms with Crippen LogP contribution in [0.15, 0.2) is 12.1 Å². The quantitative estimate of drug-likeness (QED) is 0.755. The lowest BCUT2D eigenvalue weighted by atomic mass is 9.71. The molecule has 5 heteroatoms. The van der Waals surface area contributed by atoms with Crippen LogP contribution in [0.1, 0.15) is 91.9 Å². The van der Waals surface area contributed by atoms with E-state index in [9.17, 15) is 5.11 Å². The molecule has 1 saturated heterocycles. The van der Waals surface area contributed by atoms with Crippen LogP contribution in [-0.2, 0) is 20.1 Å². The molecule has 2 rings (SSSR count). The monoisotopic (exact) mass is 361 g/mol. The number of phenolic OH excluding ortho intramolecular Hbond substituents is 1. The molecule has 0 amide bonds. The van der Waals surface area contributed by atoms with Gasteiger partial charge in [0.25, 0.3) is 0 Å². The van der Waals surface area contributed by atoms with Gasteiger partial charge in [-0.05, 0) is 49.7 Å². The predicted octanol–water partition coefficient (Wildman–Crippen LogP) is 4.62. The van der Waals surface area contributed by atoms with Crippen molar-refractivity contribution in [3.63, 3.8) is 0 Å². The summed E-state index contributed by atoms with van der Waals surface area (Å²) in [5.74, 6) is -0.327. The average Bonchev–Trinajstić information content (AvgIpc) is 2.64. The molecule has 0 aromatic heterocycles. The Morgan fingerprint density at radius 3 is 1.77 bits per heavy atom. The summed E-state index contributed by atoms with van der Waals surface area (Å²) in [6.07, 6.45) is 0. The fourth-order valence-electron chi connectivity index (χ4n) is 3.10. The van der Waals surface area contributed by atoms with E-state index in [0.29, 0.717) is 5.56 Å². The second-order valence-electron chi connectivity index (χ2n) is 10.6. The van der Waals surface area contributed by atoms with Gasteiger partial charge in [-0.2, -0.15) is 0 Å². The first-order valence-electron chi connectivity index (χ1n) is 9.46. The Hall–Kier alpha value is -1.04. The molecular formula is C21H36BNO3. The summed E-state index contributed by atoms with van der Waals surface area (Å²) in [6.45, 7) is 20.8. The van der Waals surface area contributed by atoms with Crippen molar-refractivity contribution in [1.29, 1.82) is 0 Å². The lowest BCUT2D eigenvalue weighted by Gasteiger charge is -2.32. The SMILES string of the molecule is CC(C)(C)c1cc([C@H](N)B2OC(C)(C)C(C)(C)O2)c(O)c(C(C)(C)C)c1. The first-order chi connectivity index (χ1) is 11.5. The van der Waals surface area contributed by atoms with Gasteiger partial charge in [0.05, 0.1) is 17.1 Å². The number of hydrogen-bond donors (Lipinski definition) is 2. The maximum atomic E-state index is 11.0. The Kier molecular flexibility index (Phi) is 5.11. The lowest BCUT2D eigenvalue weighted by Crippen LogP contribution is -2.41. The van der Waals surface area contributed by atoms with Gasteiger partial charge in [-0.15, -0.1) is 0 Å². The van der Waals surface area contributed by atoms with Crippen LogP contribution in [0.2, 0.25) is 0 Å². The Morgan fingerprint density at radius 2 is 1.38 bits per heavy atom. The predicted molar refractivity (Wildman–Crippen MR) is 109 cm³/mol. The number of rotatable bonds is 2. The first-order valence-corrected chi connectivity index (χ1v) is 9.46. The van der Waals surface area contributed by atoms with E-state index in [1.54, 1.807) is 0 Å². The maximum absolute atomic E-state index is 11.0. The summed E-state index contributed by atoms with van der Waals surface area (Å²) in [7, 11) is -0.603. The molecule has 1 aliphatic rings. The van der Waals surface area contributed by atoms with Crippen LogP contribution in [0.25, 0.3) is 0 Å². The molecule has 4 nitrogen and oxygen atoms in total. The third-order valence-electron chi connectivity index (χ3n) is 5.74. The number of phenols is 1. The third-order valence-corrected chi connectivity index (χ3v) is 5.74. The van der Waals surface area contributed by atoms with Gasteiger partial charge in [0.1, 0.15) is 5.75 Å². The topological polar surface area (TPSA) is 64.7 Å². The summed E-state index contributed by atoms with van der Waals surface area (Å²) in [6, 6.07) is 4.09. The minimum absolute atomic E-state index is 0.0574. The van der Waals surface area contributed by atoms with Gasteiger partial charge >= 0.3 is 7.12 Å². The van der Waals surface area contributed by atoms with Gasteiger partial charge in [0, 0.05) is 5.56 Å². The highest BCUT2D eigenvalue weighted by atomic mass is 16.7.